The van der Waals surface area contributed by atoms with Crippen LogP contribution in [0.3, 0.4) is 0 Å². The number of likely N-dealkylation sites (tertiary alicyclic amines) is 1. The Morgan fingerprint density at radius 2 is 0.701 bits per heavy atom. The van der Waals surface area contributed by atoms with Gasteiger partial charge in [-0.2, -0.15) is 0 Å². The number of benzene rings is 1. The van der Waals surface area contributed by atoms with Crippen molar-refractivity contribution in [2.45, 2.75) is 278 Å². The van der Waals surface area contributed by atoms with E-state index >= 15 is 0 Å². The van der Waals surface area contributed by atoms with E-state index in [1.807, 2.05) is 0 Å². The summed E-state index contributed by atoms with van der Waals surface area (Å²) in [5.74, 6) is -27.7. The molecule has 2 rings (SSSR count). The van der Waals surface area contributed by atoms with E-state index in [9.17, 15) is 126 Å². The van der Waals surface area contributed by atoms with Gasteiger partial charge in [0, 0.05) is 71.0 Å². The van der Waals surface area contributed by atoms with Gasteiger partial charge in [0.25, 0.3) is 0 Å². The van der Waals surface area contributed by atoms with Gasteiger partial charge in [-0.15, -0.1) is 0 Å². The van der Waals surface area contributed by atoms with Gasteiger partial charge in [-0.05, 0) is 134 Å². The van der Waals surface area contributed by atoms with Crippen LogP contribution in [0.4, 0.5) is 0 Å². The molecule has 1 aliphatic rings. The molecule has 1 fully saturated rings. The van der Waals surface area contributed by atoms with Gasteiger partial charge in [-0.1, -0.05) is 44.2 Å². The van der Waals surface area contributed by atoms with Crippen molar-refractivity contribution in [3.05, 3.63) is 35.9 Å². The summed E-state index contributed by atoms with van der Waals surface area (Å²) in [6.45, 7) is 4.23. The zero-order valence-electron chi connectivity index (χ0n) is 74.8. The van der Waals surface area contributed by atoms with Gasteiger partial charge in [0.1, 0.15) is 84.6 Å². The van der Waals surface area contributed by atoms with Crippen molar-refractivity contribution in [1.82, 2.24) is 84.7 Å². The van der Waals surface area contributed by atoms with Crippen LogP contribution in [0.1, 0.15) is 187 Å². The monoisotopic (exact) mass is 1900 g/mol. The second kappa shape index (κ2) is 60.5. The Bertz CT molecular complexity index is 4320. The number of hydrogen-bond acceptors (Lipinski definition) is 27. The molecule has 40 N–H and O–H groups in total. The zero-order valence-corrected chi connectivity index (χ0v) is 74.8. The average Bonchev–Trinajstić information content (AvgIpc) is 1.69. The predicted octanol–water partition coefficient (Wildman–Crippen LogP) is -11.4. The average molecular weight is 1900 g/mol. The van der Waals surface area contributed by atoms with Crippen LogP contribution in [0.5, 0.6) is 0 Å². The number of carbonyl (C=O) groups is 23. The fraction of sp³-hybridized carbons (Fsp3) is 0.613. The number of unbranched alkanes of at least 4 members (excludes halogenated alkanes) is 1. The van der Waals surface area contributed by atoms with E-state index in [0.717, 1.165) is 11.8 Å². The first-order valence-electron chi connectivity index (χ1n) is 43.2. The lowest BCUT2D eigenvalue weighted by Crippen LogP contribution is -2.61. The van der Waals surface area contributed by atoms with Crippen LogP contribution in [0.25, 0.3) is 0 Å². The molecule has 0 radical (unpaired) electrons. The SMILES string of the molecule is CC(C)C[C@H](NC(=O)[C@H](CC(N)=O)NC(=O)[C@H](CCCNC(=N)N)NC(=O)[C@H](C)NC(=O)[C@H](CCC(=O)O)NC(=O)[C@H](CCCNC(=N)N)NC(=O)[C@H](CCCCN)NC(=O)[C@H](Cc1ccccc1)NC(=O)[C@H](CCC(N)=O)NC(=O)[C@H](CCC(N)=O)NC(=O)[C@H](CCC(=O)O)NC(=O)[C@H](CCC(N)=O)NC(=O)[C@@H](N)CCC(N)=O)C(=O)N1CCC[C@H]1C(=O)N[C@@H](CCC(N)=O)C(=O)O. The van der Waals surface area contributed by atoms with Crippen molar-refractivity contribution in [3.8, 4) is 0 Å². The minimum atomic E-state index is -1.93. The molecule has 54 nitrogen and oxygen atoms in total. The summed E-state index contributed by atoms with van der Waals surface area (Å²) < 4.78 is 0. The van der Waals surface area contributed by atoms with Gasteiger partial charge >= 0.3 is 17.9 Å². The van der Waals surface area contributed by atoms with E-state index in [1.165, 1.54) is 12.1 Å². The summed E-state index contributed by atoms with van der Waals surface area (Å²) in [5, 5.41) is 80.7. The molecule has 134 heavy (non-hydrogen) atoms. The maximum absolute atomic E-state index is 15.0. The highest BCUT2D eigenvalue weighted by atomic mass is 16.4. The highest BCUT2D eigenvalue weighted by molar-refractivity contribution is 6.02. The Morgan fingerprint density at radius 3 is 1.07 bits per heavy atom. The molecule has 746 valence electrons. The van der Waals surface area contributed by atoms with Crippen molar-refractivity contribution in [1.29, 1.82) is 10.8 Å². The van der Waals surface area contributed by atoms with Crippen LogP contribution in [-0.4, -0.2) is 285 Å². The van der Waals surface area contributed by atoms with Crippen LogP contribution < -0.4 is 137 Å². The maximum atomic E-state index is 15.0. The molecule has 0 unspecified atom stereocenters. The maximum Gasteiger partial charge on any atom is 0.326 e. The minimum absolute atomic E-state index is 0.0374. The number of aliphatic carboxylic acids is 3. The Kier molecular flexibility index (Phi) is 52.1. The topological polar surface area (TPSA) is 945 Å². The molecule has 0 spiro atoms. The number of carboxylic acid groups (broad SMARTS) is 3. The molecule has 1 aliphatic heterocycles. The van der Waals surface area contributed by atoms with Crippen LogP contribution in [-0.2, 0) is 117 Å². The molecule has 54 heteroatoms. The lowest BCUT2D eigenvalue weighted by molar-refractivity contribution is -0.145. The summed E-state index contributed by atoms with van der Waals surface area (Å²) >= 11 is 0. The molecular formula is C80H130N28O26. The largest absolute Gasteiger partial charge is 0.481 e. The lowest BCUT2D eigenvalue weighted by atomic mass is 10.0. The number of primary amides is 6. The lowest BCUT2D eigenvalue weighted by Gasteiger charge is -2.31. The van der Waals surface area contributed by atoms with Crippen LogP contribution in [0.2, 0.25) is 0 Å². The van der Waals surface area contributed by atoms with Crippen molar-refractivity contribution >= 4 is 148 Å². The smallest absolute Gasteiger partial charge is 0.326 e. The number of nitrogens with zero attached hydrogens (tertiary/aromatic N) is 1. The summed E-state index contributed by atoms with van der Waals surface area (Å²) in [6.07, 6.45) is -10.3. The van der Waals surface area contributed by atoms with E-state index < -0.39 is 322 Å². The van der Waals surface area contributed by atoms with Crippen LogP contribution >= 0.6 is 0 Å². The second-order valence-electron chi connectivity index (χ2n) is 32.2. The van der Waals surface area contributed by atoms with E-state index in [4.69, 9.17) is 68.2 Å². The molecule has 0 aliphatic carbocycles. The first-order valence-corrected chi connectivity index (χ1v) is 43.2. The number of hydrogen-bond donors (Lipinski definition) is 30. The molecule has 15 atom stereocenters. The molecular weight excluding hydrogens is 1770 g/mol. The summed E-state index contributed by atoms with van der Waals surface area (Å²) in [5.41, 5.74) is 55.3. The first-order chi connectivity index (χ1) is 62.9. The van der Waals surface area contributed by atoms with Gasteiger partial charge in [-0.3, -0.25) is 116 Å². The predicted molar refractivity (Wildman–Crippen MR) is 472 cm³/mol. The quantitative estimate of drug-likeness (QED) is 0.0164. The third kappa shape index (κ3) is 46.3. The third-order valence-electron chi connectivity index (χ3n) is 20.5. The molecule has 0 aromatic heterocycles. The van der Waals surface area contributed by atoms with Gasteiger partial charge < -0.3 is 157 Å². The first kappa shape index (κ1) is 116. The highest BCUT2D eigenvalue weighted by Gasteiger charge is 2.43. The number of nitrogens with two attached hydrogens (primary N) is 10. The van der Waals surface area contributed by atoms with Crippen LogP contribution in [0, 0.1) is 16.7 Å². The van der Waals surface area contributed by atoms with Gasteiger partial charge in [-0.25, -0.2) is 4.79 Å². The Hall–Kier alpha value is -14.5. The normalized spacial score (nSPS) is 15.2. The number of nitrogens with one attached hydrogen (secondary N) is 17. The number of carboxylic acids is 3. The number of carbonyl (C=O) groups excluding carboxylic acids is 20. The van der Waals surface area contributed by atoms with Crippen molar-refractivity contribution in [2.75, 3.05) is 26.2 Å². The molecule has 1 heterocycles. The molecule has 1 aromatic carbocycles. The van der Waals surface area contributed by atoms with Crippen molar-refractivity contribution < 1.29 is 126 Å². The number of guanidine groups is 2. The van der Waals surface area contributed by atoms with E-state index in [1.54, 1.807) is 32.0 Å². The Balaban J connectivity index is 2.67. The van der Waals surface area contributed by atoms with E-state index in [0.29, 0.717) is 5.56 Å². The second-order valence-corrected chi connectivity index (χ2v) is 32.2. The van der Waals surface area contributed by atoms with Gasteiger partial charge in [0.15, 0.2) is 11.9 Å². The third-order valence-corrected chi connectivity index (χ3v) is 20.5. The molecule has 1 saturated heterocycles. The minimum Gasteiger partial charge on any atom is -0.481 e. The fourth-order valence-electron chi connectivity index (χ4n) is 13.4. The highest BCUT2D eigenvalue weighted by Crippen LogP contribution is 2.22. The summed E-state index contributed by atoms with van der Waals surface area (Å²) in [4.78, 5) is 310. The van der Waals surface area contributed by atoms with E-state index in [2.05, 4.69) is 79.8 Å². The Morgan fingerprint density at radius 1 is 0.373 bits per heavy atom. The zero-order chi connectivity index (χ0) is 101. The van der Waals surface area contributed by atoms with Crippen molar-refractivity contribution in [3.63, 3.8) is 0 Å². The van der Waals surface area contributed by atoms with E-state index in [-0.39, 0.29) is 116 Å². The molecule has 0 saturated carbocycles. The van der Waals surface area contributed by atoms with Crippen molar-refractivity contribution in [2.24, 2.45) is 63.3 Å². The van der Waals surface area contributed by atoms with Gasteiger partial charge in [0.05, 0.1) is 12.5 Å². The fourth-order valence-corrected chi connectivity index (χ4v) is 13.4. The summed E-state index contributed by atoms with van der Waals surface area (Å²) in [7, 11) is 0. The molecule has 1 aromatic rings. The standard InChI is InChI=1S/C80H130N28O26/c1-39(2)36-54(77(132)108-35-11-17-55(108)76(131)104-51(78(133)134)22-29-60(87)113)107-75(130)53(38-61(88)114)106-69(124)44(15-9-33-93-79(89)90)96-64(119)40(3)95-66(121)49(23-30-62(115)116)102-68(123)45(16-10-34-94-80(91)92)98-67(122)43(14-7-8-32-81)99-74(129)52(37-41-12-5-4-6-13-41)105-73(128)48(21-28-59(86)112)101-71(126)47(20-27-58(85)111)100-72(127)50(24-31-63(117)118)103-70(125)46(19-26-57(84)110)97-65(120)42(82)18-25-56(83)109/h4-6,12-13,39-40,42-55H,7-11,14-38,81-82H2,1-3H3,(H2,83,109)(H2,84,110)(H2,85,111)(H2,86,112)(H2,87,113)(H2,88,114)(H,95,121)(H,96,119)(H,97,120)(H,98,122)(H,99,129)(H,100,127)(H,101,126)(H,102,123)(H,103,125)(H,104,131)(H,105,128)(H,106,124)(H,107,130)(H,115,116)(H,117,118)(H,133,134)(H4,89,90,93)(H4,91,92,94)/t40-,42-,43-,44-,45-,46-,47-,48-,49-,50-,51-,52-,53-,54-,55-/m0/s1. The number of rotatable bonds is 67. The number of amides is 20. The molecule has 20 amide bonds. The Labute approximate surface area is 769 Å². The van der Waals surface area contributed by atoms with Crippen LogP contribution in [0.15, 0.2) is 30.3 Å². The molecule has 0 bridgehead atoms. The summed E-state index contributed by atoms with van der Waals surface area (Å²) in [6, 6.07) is -17.8. The van der Waals surface area contributed by atoms with Gasteiger partial charge in [0.2, 0.25) is 118 Å².